The summed E-state index contributed by atoms with van der Waals surface area (Å²) in [6.07, 6.45) is 6.51. The van der Waals surface area contributed by atoms with Crippen molar-refractivity contribution in [1.29, 1.82) is 0 Å². The highest BCUT2D eigenvalue weighted by Gasteiger charge is 2.33. The summed E-state index contributed by atoms with van der Waals surface area (Å²) in [5.41, 5.74) is 1.54. The second-order valence-electron chi connectivity index (χ2n) is 6.30. The predicted octanol–water partition coefficient (Wildman–Crippen LogP) is 2.87. The fourth-order valence-corrected chi connectivity index (χ4v) is 3.01. The summed E-state index contributed by atoms with van der Waals surface area (Å²) in [6.45, 7) is 2.38. The number of carbonyl (C=O) groups is 1. The first-order chi connectivity index (χ1) is 11.3. The van der Waals surface area contributed by atoms with Crippen LogP contribution in [0.2, 0.25) is 0 Å². The van der Waals surface area contributed by atoms with Crippen LogP contribution in [0, 0.1) is 5.92 Å². The molecule has 1 amide bonds. The number of rotatable bonds is 5. The first-order valence-electron chi connectivity index (χ1n) is 8.21. The molecule has 5 nitrogen and oxygen atoms in total. The summed E-state index contributed by atoms with van der Waals surface area (Å²) in [5.74, 6) is 0.985. The zero-order valence-corrected chi connectivity index (χ0v) is 13.0. The zero-order chi connectivity index (χ0) is 15.6. The molecule has 1 aliphatic carbocycles. The lowest BCUT2D eigenvalue weighted by Gasteiger charge is -2.23. The van der Waals surface area contributed by atoms with Crippen LogP contribution < -0.4 is 0 Å². The average Bonchev–Trinajstić information content (AvgIpc) is 3.11. The second-order valence-corrected chi connectivity index (χ2v) is 6.30. The summed E-state index contributed by atoms with van der Waals surface area (Å²) in [7, 11) is 0. The maximum atomic E-state index is 12.5. The van der Waals surface area contributed by atoms with Crippen LogP contribution in [-0.4, -0.2) is 41.6 Å². The van der Waals surface area contributed by atoms with Crippen molar-refractivity contribution >= 4 is 23.1 Å². The Labute approximate surface area is 134 Å². The first-order valence-corrected chi connectivity index (χ1v) is 8.21. The molecular formula is C18H20N2O3. The Morgan fingerprint density at radius 1 is 1.30 bits per heavy atom. The number of amides is 1. The topological polar surface area (TPSA) is 55.6 Å². The largest absolute Gasteiger partial charge is 0.437 e. The molecule has 2 aromatic rings. The van der Waals surface area contributed by atoms with Crippen molar-refractivity contribution in [1.82, 2.24) is 9.88 Å². The molecule has 0 N–H and O–H groups in total. The Morgan fingerprint density at radius 3 is 2.91 bits per heavy atom. The smallest absolute Gasteiger partial charge is 0.247 e. The molecule has 1 aliphatic heterocycles. The standard InChI is InChI=1S/C18H20N2O3/c21-18(20(14-5-6-14)11-13-9-10-22-12-13)8-7-17-19-15-3-1-2-4-16(15)23-17/h1-4,7-8,13-14H,5-6,9-12H2/b8-7-/t13-/m0/s1. The Kier molecular flexibility index (Phi) is 3.87. The van der Waals surface area contributed by atoms with Crippen LogP contribution >= 0.6 is 0 Å². The van der Waals surface area contributed by atoms with Crippen LogP contribution in [-0.2, 0) is 9.53 Å². The Morgan fingerprint density at radius 2 is 2.17 bits per heavy atom. The molecule has 1 saturated heterocycles. The highest BCUT2D eigenvalue weighted by Crippen LogP contribution is 2.29. The van der Waals surface area contributed by atoms with Gasteiger partial charge in [-0.2, -0.15) is 0 Å². The summed E-state index contributed by atoms with van der Waals surface area (Å²) in [5, 5.41) is 0. The summed E-state index contributed by atoms with van der Waals surface area (Å²) >= 11 is 0. The first kappa shape index (κ1) is 14.5. The van der Waals surface area contributed by atoms with Gasteiger partial charge in [-0.1, -0.05) is 12.1 Å². The van der Waals surface area contributed by atoms with E-state index in [0.717, 1.165) is 50.1 Å². The Bertz CT molecular complexity index is 694. The van der Waals surface area contributed by atoms with Gasteiger partial charge in [0.1, 0.15) is 5.52 Å². The van der Waals surface area contributed by atoms with Gasteiger partial charge in [0.25, 0.3) is 0 Å². The van der Waals surface area contributed by atoms with Crippen molar-refractivity contribution in [2.24, 2.45) is 5.92 Å². The molecule has 2 fully saturated rings. The molecule has 1 saturated carbocycles. The number of hydrogen-bond donors (Lipinski definition) is 0. The van der Waals surface area contributed by atoms with Crippen molar-refractivity contribution in [3.05, 3.63) is 36.2 Å². The fourth-order valence-electron chi connectivity index (χ4n) is 3.01. The molecular weight excluding hydrogens is 292 g/mol. The van der Waals surface area contributed by atoms with E-state index in [2.05, 4.69) is 4.98 Å². The number of ether oxygens (including phenoxy) is 1. The molecule has 0 bridgehead atoms. The summed E-state index contributed by atoms with van der Waals surface area (Å²) in [6, 6.07) is 8.00. The molecule has 1 aromatic carbocycles. The van der Waals surface area contributed by atoms with E-state index in [1.807, 2.05) is 29.2 Å². The van der Waals surface area contributed by atoms with Gasteiger partial charge in [0.15, 0.2) is 5.58 Å². The van der Waals surface area contributed by atoms with Gasteiger partial charge in [-0.25, -0.2) is 4.98 Å². The van der Waals surface area contributed by atoms with Gasteiger partial charge in [0.2, 0.25) is 11.8 Å². The number of carbonyl (C=O) groups excluding carboxylic acids is 1. The maximum absolute atomic E-state index is 12.5. The minimum atomic E-state index is 0.0432. The SMILES string of the molecule is O=C(/C=C\c1nc2ccccc2o1)N(C[C@@H]1CCOC1)C1CC1. The predicted molar refractivity (Wildman–Crippen MR) is 86.7 cm³/mol. The Hall–Kier alpha value is -2.14. The normalized spacial score (nSPS) is 21.3. The summed E-state index contributed by atoms with van der Waals surface area (Å²) in [4.78, 5) is 18.9. The molecule has 0 unspecified atom stereocenters. The molecule has 4 rings (SSSR count). The Balaban J connectivity index is 1.45. The molecule has 23 heavy (non-hydrogen) atoms. The van der Waals surface area contributed by atoms with E-state index in [1.54, 1.807) is 12.2 Å². The quantitative estimate of drug-likeness (QED) is 0.797. The van der Waals surface area contributed by atoms with Crippen molar-refractivity contribution in [2.75, 3.05) is 19.8 Å². The second kappa shape index (κ2) is 6.16. The van der Waals surface area contributed by atoms with Crippen LogP contribution in [0.15, 0.2) is 34.8 Å². The minimum Gasteiger partial charge on any atom is -0.437 e. The number of oxazole rings is 1. The number of hydrogen-bond acceptors (Lipinski definition) is 4. The molecule has 2 heterocycles. The van der Waals surface area contributed by atoms with E-state index in [4.69, 9.17) is 9.15 Å². The number of nitrogens with zero attached hydrogens (tertiary/aromatic N) is 2. The van der Waals surface area contributed by atoms with Crippen molar-refractivity contribution in [3.8, 4) is 0 Å². The number of benzene rings is 1. The van der Waals surface area contributed by atoms with Gasteiger partial charge in [-0.3, -0.25) is 4.79 Å². The molecule has 1 aromatic heterocycles. The minimum absolute atomic E-state index is 0.0432. The van der Waals surface area contributed by atoms with Crippen LogP contribution in [0.25, 0.3) is 17.2 Å². The fraction of sp³-hybridized carbons (Fsp3) is 0.444. The lowest BCUT2D eigenvalue weighted by atomic mass is 10.1. The maximum Gasteiger partial charge on any atom is 0.247 e. The van der Waals surface area contributed by atoms with E-state index in [9.17, 15) is 4.79 Å². The summed E-state index contributed by atoms with van der Waals surface area (Å²) < 4.78 is 11.0. The van der Waals surface area contributed by atoms with E-state index in [1.165, 1.54) is 0 Å². The number of para-hydroxylation sites is 2. The van der Waals surface area contributed by atoms with E-state index in [0.29, 0.717) is 17.9 Å². The molecule has 0 spiro atoms. The van der Waals surface area contributed by atoms with Gasteiger partial charge in [-0.15, -0.1) is 0 Å². The van der Waals surface area contributed by atoms with Gasteiger partial charge in [-0.05, 0) is 31.4 Å². The molecule has 120 valence electrons. The zero-order valence-electron chi connectivity index (χ0n) is 13.0. The third-order valence-corrected chi connectivity index (χ3v) is 4.43. The van der Waals surface area contributed by atoms with Gasteiger partial charge >= 0.3 is 0 Å². The van der Waals surface area contributed by atoms with Crippen LogP contribution in [0.3, 0.4) is 0 Å². The number of aromatic nitrogens is 1. The third-order valence-electron chi connectivity index (χ3n) is 4.43. The molecule has 0 radical (unpaired) electrons. The van der Waals surface area contributed by atoms with E-state index in [-0.39, 0.29) is 5.91 Å². The van der Waals surface area contributed by atoms with E-state index < -0.39 is 0 Å². The average molecular weight is 312 g/mol. The monoisotopic (exact) mass is 312 g/mol. The van der Waals surface area contributed by atoms with Gasteiger partial charge < -0.3 is 14.1 Å². The molecule has 5 heteroatoms. The van der Waals surface area contributed by atoms with Crippen LogP contribution in [0.5, 0.6) is 0 Å². The molecule has 1 atom stereocenters. The lowest BCUT2D eigenvalue weighted by molar-refractivity contribution is -0.127. The van der Waals surface area contributed by atoms with Crippen LogP contribution in [0.1, 0.15) is 25.2 Å². The number of fused-ring (bicyclic) bond motifs is 1. The third kappa shape index (κ3) is 3.29. The molecule has 2 aliphatic rings. The van der Waals surface area contributed by atoms with Crippen molar-refractivity contribution < 1.29 is 13.9 Å². The highest BCUT2D eigenvalue weighted by atomic mass is 16.5. The van der Waals surface area contributed by atoms with Gasteiger partial charge in [0, 0.05) is 37.3 Å². The van der Waals surface area contributed by atoms with Gasteiger partial charge in [0.05, 0.1) is 6.61 Å². The van der Waals surface area contributed by atoms with Crippen molar-refractivity contribution in [3.63, 3.8) is 0 Å². The highest BCUT2D eigenvalue weighted by molar-refractivity contribution is 5.92. The van der Waals surface area contributed by atoms with E-state index >= 15 is 0 Å². The van der Waals surface area contributed by atoms with Crippen LogP contribution in [0.4, 0.5) is 0 Å². The lowest BCUT2D eigenvalue weighted by Crippen LogP contribution is -2.36. The van der Waals surface area contributed by atoms with Crippen molar-refractivity contribution in [2.45, 2.75) is 25.3 Å².